The normalized spacial score (nSPS) is 14.9. The Labute approximate surface area is 272 Å². The number of nitrogens with zero attached hydrogens (tertiary/aromatic N) is 1. The van der Waals surface area contributed by atoms with Crippen molar-refractivity contribution < 1.29 is 35.9 Å². The van der Waals surface area contributed by atoms with Gasteiger partial charge in [-0.25, -0.2) is 8.42 Å². The van der Waals surface area contributed by atoms with E-state index in [9.17, 15) is 31.2 Å². The number of halogens is 3. The fourth-order valence-electron chi connectivity index (χ4n) is 5.48. The third kappa shape index (κ3) is 8.02. The predicted molar refractivity (Wildman–Crippen MR) is 173 cm³/mol. The Morgan fingerprint density at radius 2 is 1.51 bits per heavy atom. The molecule has 0 fully saturated rings. The third-order valence-electron chi connectivity index (χ3n) is 7.67. The molecule has 0 saturated carbocycles. The van der Waals surface area contributed by atoms with E-state index in [1.807, 2.05) is 45.0 Å². The second-order valence-corrected chi connectivity index (χ2v) is 14.2. The molecule has 1 atom stereocenters. The van der Waals surface area contributed by atoms with Gasteiger partial charge in [-0.15, -0.1) is 0 Å². The summed E-state index contributed by atoms with van der Waals surface area (Å²) in [5, 5.41) is 2.87. The first kappa shape index (κ1) is 33.7. The van der Waals surface area contributed by atoms with Crippen molar-refractivity contribution in [1.29, 1.82) is 0 Å². The number of alkyl halides is 3. The van der Waals surface area contributed by atoms with Gasteiger partial charge in [0.25, 0.3) is 10.0 Å². The van der Waals surface area contributed by atoms with Gasteiger partial charge >= 0.3 is 12.1 Å². The quantitative estimate of drug-likeness (QED) is 0.200. The topological polar surface area (TPSA) is 92.8 Å². The molecule has 4 aromatic carbocycles. The number of carbonyl (C=O) groups is 2. The molecule has 1 amide bonds. The van der Waals surface area contributed by atoms with Crippen LogP contribution in [0.3, 0.4) is 0 Å². The van der Waals surface area contributed by atoms with Gasteiger partial charge in [0.15, 0.2) is 0 Å². The SMILES string of the molecule is CC(C)(C)OC(=O)Cc1ccc(CCNC(=O)[C@@H]2Cc3ccccc3N2S(=O)(=O)c2ccc(-c3cccc(C(F)(F)F)c3)cc2)cc1. The fourth-order valence-corrected chi connectivity index (χ4v) is 7.13. The maximum Gasteiger partial charge on any atom is 0.416 e. The lowest BCUT2D eigenvalue weighted by molar-refractivity contribution is -0.154. The van der Waals surface area contributed by atoms with Gasteiger partial charge in [0.05, 0.1) is 22.6 Å². The number of fused-ring (bicyclic) bond motifs is 1. The highest BCUT2D eigenvalue weighted by atomic mass is 32.2. The minimum atomic E-state index is -4.51. The number of nitrogens with one attached hydrogen (secondary N) is 1. The lowest BCUT2D eigenvalue weighted by Crippen LogP contribution is -2.48. The molecule has 5 rings (SSSR count). The molecule has 0 aliphatic carbocycles. The number of sulfonamides is 1. The van der Waals surface area contributed by atoms with Crippen molar-refractivity contribution in [3.8, 4) is 11.1 Å². The van der Waals surface area contributed by atoms with Crippen molar-refractivity contribution >= 4 is 27.6 Å². The number of hydrogen-bond acceptors (Lipinski definition) is 5. The minimum Gasteiger partial charge on any atom is -0.460 e. The molecule has 1 N–H and O–H groups in total. The molecule has 0 aromatic heterocycles. The summed E-state index contributed by atoms with van der Waals surface area (Å²) in [7, 11) is -4.23. The van der Waals surface area contributed by atoms with E-state index in [0.29, 0.717) is 28.8 Å². The molecule has 0 spiro atoms. The molecule has 11 heteroatoms. The second kappa shape index (κ2) is 13.2. The first-order valence-electron chi connectivity index (χ1n) is 15.1. The summed E-state index contributed by atoms with van der Waals surface area (Å²) in [6.07, 6.45) is -3.69. The Morgan fingerprint density at radius 3 is 2.17 bits per heavy atom. The zero-order valence-electron chi connectivity index (χ0n) is 26.2. The van der Waals surface area contributed by atoms with Crippen molar-refractivity contribution in [3.05, 3.63) is 119 Å². The number of anilines is 1. The minimum absolute atomic E-state index is 0.0887. The summed E-state index contributed by atoms with van der Waals surface area (Å²) in [6, 6.07) is 23.7. The van der Waals surface area contributed by atoms with Crippen molar-refractivity contribution in [2.24, 2.45) is 0 Å². The second-order valence-electron chi connectivity index (χ2n) is 12.4. The highest BCUT2D eigenvalue weighted by Crippen LogP contribution is 2.38. The van der Waals surface area contributed by atoms with Crippen molar-refractivity contribution in [2.45, 2.75) is 62.7 Å². The first-order chi connectivity index (χ1) is 22.1. The van der Waals surface area contributed by atoms with E-state index in [-0.39, 0.29) is 30.3 Å². The number of carbonyl (C=O) groups excluding carboxylic acids is 2. The van der Waals surface area contributed by atoms with E-state index >= 15 is 0 Å². The Hall–Kier alpha value is -4.64. The molecule has 4 aromatic rings. The molecule has 246 valence electrons. The molecule has 1 heterocycles. The molecule has 1 aliphatic heterocycles. The molecule has 0 saturated heterocycles. The van der Waals surface area contributed by atoms with Crippen LogP contribution in [0.4, 0.5) is 18.9 Å². The maximum absolute atomic E-state index is 14.0. The van der Waals surface area contributed by atoms with Crippen molar-refractivity contribution in [3.63, 3.8) is 0 Å². The summed E-state index contributed by atoms with van der Waals surface area (Å²) in [6.45, 7) is 5.69. The van der Waals surface area contributed by atoms with E-state index in [0.717, 1.165) is 27.6 Å². The van der Waals surface area contributed by atoms with Crippen LogP contribution in [0, 0.1) is 0 Å². The van der Waals surface area contributed by atoms with Gasteiger partial charge in [0.2, 0.25) is 5.91 Å². The summed E-state index contributed by atoms with van der Waals surface area (Å²) < 4.78 is 74.2. The average Bonchev–Trinajstić information content (AvgIpc) is 3.42. The lowest BCUT2D eigenvalue weighted by atomic mass is 10.0. The van der Waals surface area contributed by atoms with Crippen molar-refractivity contribution in [1.82, 2.24) is 5.32 Å². The van der Waals surface area contributed by atoms with Crippen LogP contribution in [-0.2, 0) is 49.8 Å². The number of amides is 1. The molecular formula is C36H35F3N2O5S. The number of rotatable bonds is 9. The highest BCUT2D eigenvalue weighted by molar-refractivity contribution is 7.93. The Morgan fingerprint density at radius 1 is 0.851 bits per heavy atom. The smallest absolute Gasteiger partial charge is 0.416 e. The first-order valence-corrected chi connectivity index (χ1v) is 16.5. The molecule has 1 aliphatic rings. The average molecular weight is 665 g/mol. The van der Waals surface area contributed by atoms with Gasteiger partial charge in [-0.05, 0) is 85.3 Å². The number of ether oxygens (including phenoxy) is 1. The van der Waals surface area contributed by atoms with Gasteiger partial charge in [0.1, 0.15) is 11.6 Å². The van der Waals surface area contributed by atoms with Crippen LogP contribution in [-0.4, -0.2) is 38.5 Å². The van der Waals surface area contributed by atoms with Gasteiger partial charge in [-0.3, -0.25) is 13.9 Å². The number of benzene rings is 4. The van der Waals surface area contributed by atoms with Crippen LogP contribution < -0.4 is 9.62 Å². The standard InChI is InChI=1S/C36H35F3N2O5S/c1-35(2,3)46-33(42)21-25-13-11-24(12-14-25)19-20-40-34(43)32-23-28-7-4-5-10-31(28)41(32)47(44,45)30-17-15-26(16-18-30)27-8-6-9-29(22-27)36(37,38)39/h4-18,22,32H,19-21,23H2,1-3H3,(H,40,43)/t32-/m0/s1. The van der Waals surface area contributed by atoms with Gasteiger partial charge in [0, 0.05) is 13.0 Å². The van der Waals surface area contributed by atoms with Gasteiger partial charge < -0.3 is 10.1 Å². The summed E-state index contributed by atoms with van der Waals surface area (Å²) in [5.74, 6) is -0.770. The zero-order chi connectivity index (χ0) is 34.0. The number of esters is 1. The summed E-state index contributed by atoms with van der Waals surface area (Å²) in [5.41, 5.74) is 2.19. The Kier molecular flexibility index (Phi) is 9.49. The van der Waals surface area contributed by atoms with E-state index in [4.69, 9.17) is 4.74 Å². The van der Waals surface area contributed by atoms with Gasteiger partial charge in [-0.1, -0.05) is 66.7 Å². The van der Waals surface area contributed by atoms with Gasteiger partial charge in [-0.2, -0.15) is 13.2 Å². The highest BCUT2D eigenvalue weighted by Gasteiger charge is 2.42. The molecule has 0 unspecified atom stereocenters. The van der Waals surface area contributed by atoms with Crippen LogP contribution in [0.15, 0.2) is 102 Å². The fraction of sp³-hybridized carbons (Fsp3) is 0.278. The molecule has 7 nitrogen and oxygen atoms in total. The van der Waals surface area contributed by atoms with E-state index in [1.165, 1.54) is 36.4 Å². The zero-order valence-corrected chi connectivity index (χ0v) is 27.0. The summed E-state index contributed by atoms with van der Waals surface area (Å²) in [4.78, 5) is 25.5. The van der Waals surface area contributed by atoms with E-state index in [2.05, 4.69) is 5.32 Å². The van der Waals surface area contributed by atoms with E-state index < -0.39 is 39.3 Å². The molecule has 0 bridgehead atoms. The third-order valence-corrected chi connectivity index (χ3v) is 9.50. The Balaban J connectivity index is 1.28. The monoisotopic (exact) mass is 664 g/mol. The lowest BCUT2D eigenvalue weighted by Gasteiger charge is -2.26. The predicted octanol–water partition coefficient (Wildman–Crippen LogP) is 6.74. The maximum atomic E-state index is 14.0. The van der Waals surface area contributed by atoms with Crippen LogP contribution in [0.1, 0.15) is 43.0 Å². The number of para-hydroxylation sites is 1. The Bertz CT molecular complexity index is 1870. The number of hydrogen-bond donors (Lipinski definition) is 1. The summed E-state index contributed by atoms with van der Waals surface area (Å²) >= 11 is 0. The van der Waals surface area contributed by atoms with Crippen LogP contribution in [0.2, 0.25) is 0 Å². The van der Waals surface area contributed by atoms with Crippen LogP contribution in [0.25, 0.3) is 11.1 Å². The van der Waals surface area contributed by atoms with Crippen molar-refractivity contribution in [2.75, 3.05) is 10.8 Å². The van der Waals surface area contributed by atoms with E-state index in [1.54, 1.807) is 24.3 Å². The van der Waals surface area contributed by atoms with Crippen LogP contribution in [0.5, 0.6) is 0 Å². The molecule has 0 radical (unpaired) electrons. The molecule has 47 heavy (non-hydrogen) atoms. The largest absolute Gasteiger partial charge is 0.460 e. The van der Waals surface area contributed by atoms with Crippen LogP contribution >= 0.6 is 0 Å². The molecular weight excluding hydrogens is 629 g/mol.